The highest BCUT2D eigenvalue weighted by atomic mass is 32.1. The molecule has 2 heterocycles. The van der Waals surface area contributed by atoms with Crippen molar-refractivity contribution in [3.63, 3.8) is 0 Å². The van der Waals surface area contributed by atoms with E-state index in [0.29, 0.717) is 10.7 Å². The Balaban J connectivity index is 2.06. The number of amides is 1. The minimum absolute atomic E-state index is 0.0187. The molecular weight excluding hydrogens is 286 g/mol. The number of piperidine rings is 1. The average Bonchev–Trinajstić information content (AvgIpc) is 2.84. The Hall–Kier alpha value is -1.34. The molecule has 1 amide bonds. The van der Waals surface area contributed by atoms with Crippen LogP contribution in [0.3, 0.4) is 0 Å². The molecule has 0 aliphatic carbocycles. The van der Waals surface area contributed by atoms with E-state index >= 15 is 0 Å². The first kappa shape index (κ1) is 16.0. The van der Waals surface area contributed by atoms with Crippen LogP contribution in [-0.2, 0) is 0 Å². The standard InChI is InChI=1S/C14H25N5OS/c1-4-7-16-14-17-12(15)11(21-14)13(20)19(3)10-6-5-8-18(2)9-10/h10H,4-9,15H2,1-3H3,(H,16,17). The summed E-state index contributed by atoms with van der Waals surface area (Å²) < 4.78 is 0. The lowest BCUT2D eigenvalue weighted by Gasteiger charge is -2.35. The highest BCUT2D eigenvalue weighted by Crippen LogP contribution is 2.27. The second-order valence-electron chi connectivity index (χ2n) is 5.63. The molecule has 2 rings (SSSR count). The van der Waals surface area contributed by atoms with Gasteiger partial charge in [-0.1, -0.05) is 18.3 Å². The molecule has 1 unspecified atom stereocenters. The highest BCUT2D eigenvalue weighted by Gasteiger charge is 2.27. The number of carbonyl (C=O) groups excluding carboxylic acids is 1. The number of aromatic nitrogens is 1. The Labute approximate surface area is 130 Å². The quantitative estimate of drug-likeness (QED) is 0.866. The van der Waals surface area contributed by atoms with Crippen molar-refractivity contribution in [3.8, 4) is 0 Å². The number of nitrogen functional groups attached to an aromatic ring is 1. The van der Waals surface area contributed by atoms with E-state index in [1.807, 2.05) is 11.9 Å². The van der Waals surface area contributed by atoms with Crippen LogP contribution in [0.2, 0.25) is 0 Å². The number of carbonyl (C=O) groups is 1. The van der Waals surface area contributed by atoms with E-state index in [4.69, 9.17) is 5.73 Å². The average molecular weight is 311 g/mol. The van der Waals surface area contributed by atoms with Crippen LogP contribution in [0.1, 0.15) is 35.9 Å². The minimum atomic E-state index is -0.0187. The maximum Gasteiger partial charge on any atom is 0.267 e. The van der Waals surface area contributed by atoms with Gasteiger partial charge in [0, 0.05) is 26.2 Å². The molecule has 0 radical (unpaired) electrons. The number of thiazole rings is 1. The van der Waals surface area contributed by atoms with Gasteiger partial charge in [0.2, 0.25) is 0 Å². The molecule has 1 fully saturated rings. The topological polar surface area (TPSA) is 74.5 Å². The zero-order valence-corrected chi connectivity index (χ0v) is 13.9. The van der Waals surface area contributed by atoms with Crippen LogP contribution < -0.4 is 11.1 Å². The number of nitrogens with two attached hydrogens (primary N) is 1. The van der Waals surface area contributed by atoms with E-state index in [1.54, 1.807) is 0 Å². The smallest absolute Gasteiger partial charge is 0.267 e. The molecule has 0 bridgehead atoms. The molecule has 0 saturated carbocycles. The molecule has 21 heavy (non-hydrogen) atoms. The summed E-state index contributed by atoms with van der Waals surface area (Å²) in [6.45, 7) is 4.95. The van der Waals surface area contributed by atoms with Gasteiger partial charge in [-0.3, -0.25) is 4.79 Å². The number of nitrogens with one attached hydrogen (secondary N) is 1. The number of nitrogens with zero attached hydrogens (tertiary/aromatic N) is 3. The summed E-state index contributed by atoms with van der Waals surface area (Å²) in [5, 5.41) is 3.91. The summed E-state index contributed by atoms with van der Waals surface area (Å²) in [5.41, 5.74) is 5.91. The van der Waals surface area contributed by atoms with Crippen LogP contribution >= 0.6 is 11.3 Å². The first-order valence-corrected chi connectivity index (χ1v) is 8.30. The monoisotopic (exact) mass is 311 g/mol. The Morgan fingerprint density at radius 1 is 1.62 bits per heavy atom. The van der Waals surface area contributed by atoms with Gasteiger partial charge in [-0.2, -0.15) is 0 Å². The predicted molar refractivity (Wildman–Crippen MR) is 87.9 cm³/mol. The van der Waals surface area contributed by atoms with E-state index in [9.17, 15) is 4.79 Å². The van der Waals surface area contributed by atoms with Crippen LogP contribution in [0.25, 0.3) is 0 Å². The molecule has 1 atom stereocenters. The van der Waals surface area contributed by atoms with Gasteiger partial charge in [-0.05, 0) is 32.9 Å². The molecule has 1 aliphatic heterocycles. The SMILES string of the molecule is CCCNc1nc(N)c(C(=O)N(C)C2CCCN(C)C2)s1. The predicted octanol–water partition coefficient (Wildman–Crippen LogP) is 1.71. The third-order valence-corrected chi connectivity index (χ3v) is 4.86. The van der Waals surface area contributed by atoms with Crippen LogP contribution in [0.5, 0.6) is 0 Å². The Morgan fingerprint density at radius 3 is 3.05 bits per heavy atom. The third-order valence-electron chi connectivity index (χ3n) is 3.84. The van der Waals surface area contributed by atoms with Crippen molar-refractivity contribution in [1.82, 2.24) is 14.8 Å². The molecule has 1 aromatic heterocycles. The fraction of sp³-hybridized carbons (Fsp3) is 0.714. The van der Waals surface area contributed by atoms with Crippen LogP contribution in [0.4, 0.5) is 10.9 Å². The lowest BCUT2D eigenvalue weighted by molar-refractivity contribution is 0.0649. The van der Waals surface area contributed by atoms with E-state index in [0.717, 1.165) is 44.0 Å². The molecule has 1 aliphatic rings. The highest BCUT2D eigenvalue weighted by molar-refractivity contribution is 7.18. The number of likely N-dealkylation sites (N-methyl/N-ethyl adjacent to an activating group) is 2. The summed E-state index contributed by atoms with van der Waals surface area (Å²) in [6, 6.07) is 0.254. The van der Waals surface area contributed by atoms with Gasteiger partial charge < -0.3 is 20.9 Å². The van der Waals surface area contributed by atoms with Crippen molar-refractivity contribution in [2.75, 3.05) is 44.8 Å². The van der Waals surface area contributed by atoms with Crippen molar-refractivity contribution < 1.29 is 4.79 Å². The van der Waals surface area contributed by atoms with Crippen LogP contribution in [0, 0.1) is 0 Å². The second kappa shape index (κ2) is 7.09. The van der Waals surface area contributed by atoms with Gasteiger partial charge in [0.15, 0.2) is 5.13 Å². The number of rotatable bonds is 5. The maximum atomic E-state index is 12.6. The van der Waals surface area contributed by atoms with E-state index in [2.05, 4.69) is 29.2 Å². The number of hydrogen-bond donors (Lipinski definition) is 2. The maximum absolute atomic E-state index is 12.6. The van der Waals surface area contributed by atoms with Crippen LogP contribution in [-0.4, -0.2) is 60.5 Å². The Kier molecular flexibility index (Phi) is 5.41. The number of anilines is 2. The normalized spacial score (nSPS) is 19.5. The van der Waals surface area contributed by atoms with E-state index < -0.39 is 0 Å². The Bertz CT molecular complexity index is 490. The molecule has 3 N–H and O–H groups in total. The Morgan fingerprint density at radius 2 is 2.38 bits per heavy atom. The van der Waals surface area contributed by atoms with Crippen molar-refractivity contribution in [2.45, 2.75) is 32.2 Å². The number of likely N-dealkylation sites (tertiary alicyclic amines) is 1. The lowest BCUT2D eigenvalue weighted by atomic mass is 10.0. The molecule has 6 nitrogen and oxygen atoms in total. The van der Waals surface area contributed by atoms with Gasteiger partial charge in [-0.15, -0.1) is 0 Å². The second-order valence-corrected chi connectivity index (χ2v) is 6.63. The van der Waals surface area contributed by atoms with E-state index in [-0.39, 0.29) is 11.9 Å². The van der Waals surface area contributed by atoms with Gasteiger partial charge in [0.1, 0.15) is 10.7 Å². The van der Waals surface area contributed by atoms with Crippen molar-refractivity contribution in [3.05, 3.63) is 4.88 Å². The van der Waals surface area contributed by atoms with Crippen molar-refractivity contribution in [2.24, 2.45) is 0 Å². The van der Waals surface area contributed by atoms with Crippen molar-refractivity contribution >= 4 is 28.2 Å². The van der Waals surface area contributed by atoms with Gasteiger partial charge in [0.25, 0.3) is 5.91 Å². The van der Waals surface area contributed by atoms with E-state index in [1.165, 1.54) is 11.3 Å². The minimum Gasteiger partial charge on any atom is -0.382 e. The first-order chi connectivity index (χ1) is 10.0. The zero-order chi connectivity index (χ0) is 15.4. The lowest BCUT2D eigenvalue weighted by Crippen LogP contribution is -2.47. The molecule has 0 aromatic carbocycles. The van der Waals surface area contributed by atoms with Crippen LogP contribution in [0.15, 0.2) is 0 Å². The molecule has 1 saturated heterocycles. The first-order valence-electron chi connectivity index (χ1n) is 7.48. The van der Waals surface area contributed by atoms with Gasteiger partial charge in [-0.25, -0.2) is 4.98 Å². The molecular formula is C14H25N5OS. The largest absolute Gasteiger partial charge is 0.382 e. The summed E-state index contributed by atoms with van der Waals surface area (Å²) in [6.07, 6.45) is 3.18. The van der Waals surface area contributed by atoms with Gasteiger partial charge in [0.05, 0.1) is 0 Å². The van der Waals surface area contributed by atoms with Gasteiger partial charge >= 0.3 is 0 Å². The molecule has 0 spiro atoms. The molecule has 1 aromatic rings. The fourth-order valence-corrected chi connectivity index (χ4v) is 3.47. The third kappa shape index (κ3) is 3.85. The number of hydrogen-bond acceptors (Lipinski definition) is 6. The zero-order valence-electron chi connectivity index (χ0n) is 13.1. The molecule has 118 valence electrons. The summed E-state index contributed by atoms with van der Waals surface area (Å²) in [7, 11) is 3.96. The summed E-state index contributed by atoms with van der Waals surface area (Å²) >= 11 is 1.35. The molecule has 7 heteroatoms. The summed E-state index contributed by atoms with van der Waals surface area (Å²) in [4.78, 5) is 21.5. The van der Waals surface area contributed by atoms with Crippen molar-refractivity contribution in [1.29, 1.82) is 0 Å². The summed E-state index contributed by atoms with van der Waals surface area (Å²) in [5.74, 6) is 0.314. The fourth-order valence-electron chi connectivity index (χ4n) is 2.57.